The van der Waals surface area contributed by atoms with Crippen molar-refractivity contribution in [3.8, 4) is 0 Å². The molecular formula is C18H23N5O2. The van der Waals surface area contributed by atoms with Gasteiger partial charge in [0, 0.05) is 50.6 Å². The first-order chi connectivity index (χ1) is 12.3. The number of fused-ring (bicyclic) bond motifs is 1. The predicted octanol–water partition coefficient (Wildman–Crippen LogP) is 2.18. The van der Waals surface area contributed by atoms with Crippen LogP contribution in [0, 0.1) is 0 Å². The second kappa shape index (κ2) is 5.78. The molecule has 1 atom stereocenters. The topological polar surface area (TPSA) is 73.6 Å². The molecule has 0 aliphatic carbocycles. The van der Waals surface area contributed by atoms with Gasteiger partial charge in [0.2, 0.25) is 0 Å². The van der Waals surface area contributed by atoms with Crippen LogP contribution in [0.15, 0.2) is 17.4 Å². The molecule has 2 fully saturated rings. The van der Waals surface area contributed by atoms with Gasteiger partial charge in [-0.1, -0.05) is 0 Å². The third-order valence-corrected chi connectivity index (χ3v) is 5.73. The number of ether oxygens (including phenoxy) is 2. The fourth-order valence-electron chi connectivity index (χ4n) is 4.17. The number of rotatable bonds is 3. The van der Waals surface area contributed by atoms with Crippen LogP contribution in [-0.2, 0) is 9.47 Å². The molecule has 25 heavy (non-hydrogen) atoms. The van der Waals surface area contributed by atoms with Gasteiger partial charge in [0.05, 0.1) is 42.1 Å². The lowest BCUT2D eigenvalue weighted by atomic mass is 9.89. The normalized spacial score (nSPS) is 26.8. The van der Waals surface area contributed by atoms with Crippen molar-refractivity contribution >= 4 is 22.4 Å². The summed E-state index contributed by atoms with van der Waals surface area (Å²) in [6.07, 6.45) is 7.83. The molecule has 0 saturated carbocycles. The van der Waals surface area contributed by atoms with Crippen molar-refractivity contribution in [1.29, 1.82) is 0 Å². The summed E-state index contributed by atoms with van der Waals surface area (Å²) in [5, 5.41) is 9.06. The lowest BCUT2D eigenvalue weighted by Gasteiger charge is -2.37. The smallest absolute Gasteiger partial charge is 0.160 e. The second-order valence-corrected chi connectivity index (χ2v) is 7.19. The van der Waals surface area contributed by atoms with Crippen LogP contribution < -0.4 is 5.32 Å². The molecule has 0 bridgehead atoms. The molecule has 0 aromatic carbocycles. The van der Waals surface area contributed by atoms with Crippen molar-refractivity contribution in [3.05, 3.63) is 18.0 Å². The SMILES string of the molecule is CNc1c(C2=NCC3(CCO3)C2)cnc2c1cnn2C1CCOCC1. The van der Waals surface area contributed by atoms with E-state index in [4.69, 9.17) is 19.5 Å². The maximum Gasteiger partial charge on any atom is 0.160 e. The van der Waals surface area contributed by atoms with Gasteiger partial charge in [0.1, 0.15) is 0 Å². The average molecular weight is 341 g/mol. The van der Waals surface area contributed by atoms with E-state index in [1.54, 1.807) is 0 Å². The third-order valence-electron chi connectivity index (χ3n) is 5.73. The van der Waals surface area contributed by atoms with Gasteiger partial charge >= 0.3 is 0 Å². The van der Waals surface area contributed by atoms with Crippen LogP contribution in [0.1, 0.15) is 37.3 Å². The van der Waals surface area contributed by atoms with Crippen LogP contribution in [0.4, 0.5) is 5.69 Å². The highest BCUT2D eigenvalue weighted by atomic mass is 16.5. The minimum Gasteiger partial charge on any atom is -0.387 e. The minimum atomic E-state index is -0.0401. The summed E-state index contributed by atoms with van der Waals surface area (Å²) >= 11 is 0. The van der Waals surface area contributed by atoms with Gasteiger partial charge < -0.3 is 14.8 Å². The summed E-state index contributed by atoms with van der Waals surface area (Å²) in [4.78, 5) is 9.52. The van der Waals surface area contributed by atoms with Crippen LogP contribution in [0.3, 0.4) is 0 Å². The molecule has 132 valence electrons. The molecule has 3 aliphatic rings. The highest BCUT2D eigenvalue weighted by Gasteiger charge is 2.43. The standard InChI is InChI=1S/C18H23N5O2/c1-19-16-13(15-8-18(11-21-15)4-7-25-18)9-20-17-14(16)10-22-23(17)12-2-5-24-6-3-12/h9-10,12H,2-8,11H2,1H3,(H,19,20). The zero-order chi connectivity index (χ0) is 16.9. The monoisotopic (exact) mass is 341 g/mol. The van der Waals surface area contributed by atoms with Crippen molar-refractivity contribution in [2.24, 2.45) is 4.99 Å². The lowest BCUT2D eigenvalue weighted by Crippen LogP contribution is -2.44. The Labute approximate surface area is 146 Å². The molecule has 1 spiro atoms. The van der Waals surface area contributed by atoms with Crippen LogP contribution in [-0.4, -0.2) is 59.5 Å². The Balaban J connectivity index is 1.53. The van der Waals surface area contributed by atoms with E-state index in [2.05, 4.69) is 15.1 Å². The number of hydrogen-bond donors (Lipinski definition) is 1. The Bertz CT molecular complexity index is 833. The molecule has 5 heterocycles. The summed E-state index contributed by atoms with van der Waals surface area (Å²) in [6.45, 7) is 3.21. The van der Waals surface area contributed by atoms with Crippen molar-refractivity contribution < 1.29 is 9.47 Å². The van der Waals surface area contributed by atoms with Crippen molar-refractivity contribution in [1.82, 2.24) is 14.8 Å². The Kier molecular flexibility index (Phi) is 3.53. The molecule has 7 nitrogen and oxygen atoms in total. The first-order valence-corrected chi connectivity index (χ1v) is 9.09. The van der Waals surface area contributed by atoms with Crippen molar-refractivity contribution in [2.45, 2.75) is 37.3 Å². The van der Waals surface area contributed by atoms with Gasteiger partial charge in [0.15, 0.2) is 5.65 Å². The van der Waals surface area contributed by atoms with Gasteiger partial charge in [-0.25, -0.2) is 9.67 Å². The molecule has 0 amide bonds. The highest BCUT2D eigenvalue weighted by Crippen LogP contribution is 2.38. The molecule has 2 saturated heterocycles. The van der Waals surface area contributed by atoms with E-state index in [9.17, 15) is 0 Å². The Morgan fingerprint density at radius 1 is 1.24 bits per heavy atom. The van der Waals surface area contributed by atoms with Gasteiger partial charge in [-0.05, 0) is 12.8 Å². The van der Waals surface area contributed by atoms with E-state index < -0.39 is 0 Å². The van der Waals surface area contributed by atoms with Crippen LogP contribution in [0.25, 0.3) is 11.0 Å². The molecule has 5 rings (SSSR count). The average Bonchev–Trinajstić information content (AvgIpc) is 3.26. The largest absolute Gasteiger partial charge is 0.387 e. The summed E-state index contributed by atoms with van der Waals surface area (Å²) in [7, 11) is 1.95. The van der Waals surface area contributed by atoms with E-state index in [0.29, 0.717) is 6.04 Å². The number of hydrogen-bond acceptors (Lipinski definition) is 6. The Morgan fingerprint density at radius 2 is 2.08 bits per heavy atom. The maximum absolute atomic E-state index is 5.79. The zero-order valence-corrected chi connectivity index (χ0v) is 14.5. The molecule has 1 N–H and O–H groups in total. The molecule has 2 aromatic heterocycles. The molecule has 7 heteroatoms. The summed E-state index contributed by atoms with van der Waals surface area (Å²) in [5.41, 5.74) is 4.14. The molecule has 3 aliphatic heterocycles. The minimum absolute atomic E-state index is 0.0401. The Hall–Kier alpha value is -1.99. The first kappa shape index (κ1) is 15.3. The van der Waals surface area contributed by atoms with E-state index in [1.807, 2.05) is 19.4 Å². The third kappa shape index (κ3) is 2.37. The number of aliphatic imine (C=N–C) groups is 1. The second-order valence-electron chi connectivity index (χ2n) is 7.19. The first-order valence-electron chi connectivity index (χ1n) is 9.09. The summed E-state index contributed by atoms with van der Waals surface area (Å²) < 4.78 is 13.3. The zero-order valence-electron chi connectivity index (χ0n) is 14.5. The van der Waals surface area contributed by atoms with E-state index in [0.717, 1.165) is 80.0 Å². The predicted molar refractivity (Wildman–Crippen MR) is 95.5 cm³/mol. The Morgan fingerprint density at radius 3 is 2.76 bits per heavy atom. The van der Waals surface area contributed by atoms with E-state index >= 15 is 0 Å². The molecule has 1 unspecified atom stereocenters. The number of anilines is 1. The van der Waals surface area contributed by atoms with E-state index in [-0.39, 0.29) is 5.60 Å². The summed E-state index contributed by atoms with van der Waals surface area (Å²) in [6, 6.07) is 0.366. The molecule has 0 radical (unpaired) electrons. The molecule has 2 aromatic rings. The number of aromatic nitrogens is 3. The van der Waals surface area contributed by atoms with Crippen LogP contribution >= 0.6 is 0 Å². The molecular weight excluding hydrogens is 318 g/mol. The van der Waals surface area contributed by atoms with Gasteiger partial charge in [-0.15, -0.1) is 0 Å². The van der Waals surface area contributed by atoms with Crippen LogP contribution in [0.5, 0.6) is 0 Å². The van der Waals surface area contributed by atoms with Gasteiger partial charge in [-0.3, -0.25) is 4.99 Å². The fourth-order valence-corrected chi connectivity index (χ4v) is 4.17. The fraction of sp³-hybridized carbons (Fsp3) is 0.611. The number of pyridine rings is 1. The van der Waals surface area contributed by atoms with Gasteiger partial charge in [-0.2, -0.15) is 5.10 Å². The van der Waals surface area contributed by atoms with Gasteiger partial charge in [0.25, 0.3) is 0 Å². The summed E-state index contributed by atoms with van der Waals surface area (Å²) in [5.74, 6) is 0. The van der Waals surface area contributed by atoms with Crippen LogP contribution in [0.2, 0.25) is 0 Å². The quantitative estimate of drug-likeness (QED) is 0.926. The highest BCUT2D eigenvalue weighted by molar-refractivity contribution is 6.11. The van der Waals surface area contributed by atoms with E-state index in [1.165, 1.54) is 0 Å². The van der Waals surface area contributed by atoms with Crippen molar-refractivity contribution in [3.63, 3.8) is 0 Å². The van der Waals surface area contributed by atoms with Crippen molar-refractivity contribution in [2.75, 3.05) is 38.7 Å². The lowest BCUT2D eigenvalue weighted by molar-refractivity contribution is -0.129. The number of nitrogens with one attached hydrogen (secondary N) is 1. The maximum atomic E-state index is 5.79. The number of nitrogens with zero attached hydrogens (tertiary/aromatic N) is 4.